The van der Waals surface area contributed by atoms with Crippen LogP contribution in [0, 0.1) is 0 Å². The van der Waals surface area contributed by atoms with Crippen LogP contribution in [-0.2, 0) is 11.8 Å². The predicted octanol–water partition coefficient (Wildman–Crippen LogP) is 1.12. The van der Waals surface area contributed by atoms with Gasteiger partial charge in [-0.1, -0.05) is 6.07 Å². The number of aryl methyl sites for hydroxylation is 1. The van der Waals surface area contributed by atoms with Crippen LogP contribution in [0.25, 0.3) is 0 Å². The molecule has 1 fully saturated rings. The van der Waals surface area contributed by atoms with Gasteiger partial charge in [0.2, 0.25) is 5.91 Å². The number of carbonyl (C=O) groups excluding carboxylic acids is 1. The number of nitrogens with zero attached hydrogens (tertiary/aromatic N) is 5. The van der Waals surface area contributed by atoms with E-state index >= 15 is 0 Å². The number of guanidine groups is 1. The normalized spacial score (nSPS) is 14.9. The average Bonchev–Trinajstić information content (AvgIpc) is 3.16. The minimum atomic E-state index is 0.0357. The van der Waals surface area contributed by atoms with Crippen molar-refractivity contribution in [2.24, 2.45) is 12.0 Å². The van der Waals surface area contributed by atoms with Crippen molar-refractivity contribution in [1.82, 2.24) is 20.0 Å². The number of aromatic nitrogens is 2. The third-order valence-corrected chi connectivity index (χ3v) is 4.65. The van der Waals surface area contributed by atoms with Crippen molar-refractivity contribution in [3.8, 4) is 11.5 Å². The lowest BCUT2D eigenvalue weighted by atomic mass is 10.3. The van der Waals surface area contributed by atoms with Gasteiger partial charge in [-0.15, -0.1) is 0 Å². The van der Waals surface area contributed by atoms with E-state index in [1.807, 2.05) is 42.4 Å². The second-order valence-electron chi connectivity index (χ2n) is 6.69. The van der Waals surface area contributed by atoms with Crippen molar-refractivity contribution in [1.29, 1.82) is 0 Å². The molecule has 1 amide bonds. The maximum absolute atomic E-state index is 12.6. The number of methoxy groups -OCH3 is 1. The molecule has 9 nitrogen and oxygen atoms in total. The number of ether oxygens (including phenoxy) is 2. The second-order valence-corrected chi connectivity index (χ2v) is 6.69. The summed E-state index contributed by atoms with van der Waals surface area (Å²) in [6.45, 7) is 2.87. The Morgan fingerprint density at radius 3 is 2.83 bits per heavy atom. The first-order valence-corrected chi connectivity index (χ1v) is 9.62. The summed E-state index contributed by atoms with van der Waals surface area (Å²) in [6.07, 6.45) is 4.37. The summed E-state index contributed by atoms with van der Waals surface area (Å²) >= 11 is 0. The van der Waals surface area contributed by atoms with Gasteiger partial charge in [-0.25, -0.2) is 0 Å². The number of carbonyl (C=O) groups is 1. The molecule has 0 unspecified atom stereocenters. The average molecular weight is 400 g/mol. The molecule has 9 heteroatoms. The van der Waals surface area contributed by atoms with Crippen LogP contribution in [0.3, 0.4) is 0 Å². The number of hydrogen-bond acceptors (Lipinski definition) is 5. The molecule has 2 heterocycles. The van der Waals surface area contributed by atoms with E-state index in [1.54, 1.807) is 29.9 Å². The van der Waals surface area contributed by atoms with Crippen LogP contribution in [0.2, 0.25) is 0 Å². The second kappa shape index (κ2) is 9.81. The van der Waals surface area contributed by atoms with Gasteiger partial charge in [-0.3, -0.25) is 14.5 Å². The quantitative estimate of drug-likeness (QED) is 0.426. The molecule has 1 saturated heterocycles. The van der Waals surface area contributed by atoms with Gasteiger partial charge in [0.1, 0.15) is 18.0 Å². The standard InChI is InChI=1S/C20H28N6O3/c1-21-20(22-8-5-11-29-18-7-4-6-17(12-18)28-3)25-9-10-26(19(27)15-25)16-13-23-24(2)14-16/h4,6-7,12-14H,5,8-11,15H2,1-3H3,(H,21,22). The Morgan fingerprint density at radius 2 is 2.14 bits per heavy atom. The fourth-order valence-electron chi connectivity index (χ4n) is 3.16. The summed E-state index contributed by atoms with van der Waals surface area (Å²) < 4.78 is 12.6. The Labute approximate surface area is 170 Å². The largest absolute Gasteiger partial charge is 0.497 e. The van der Waals surface area contributed by atoms with E-state index in [0.717, 1.165) is 29.6 Å². The molecule has 1 aromatic heterocycles. The molecular weight excluding hydrogens is 372 g/mol. The van der Waals surface area contributed by atoms with Crippen LogP contribution in [0.5, 0.6) is 11.5 Å². The first-order valence-electron chi connectivity index (χ1n) is 9.62. The lowest BCUT2D eigenvalue weighted by Gasteiger charge is -2.35. The van der Waals surface area contributed by atoms with Gasteiger partial charge >= 0.3 is 0 Å². The van der Waals surface area contributed by atoms with Crippen molar-refractivity contribution in [3.05, 3.63) is 36.7 Å². The third kappa shape index (κ3) is 5.40. The summed E-state index contributed by atoms with van der Waals surface area (Å²) in [6, 6.07) is 7.55. The Kier molecular flexibility index (Phi) is 6.94. The van der Waals surface area contributed by atoms with Crippen molar-refractivity contribution in [2.45, 2.75) is 6.42 Å². The monoisotopic (exact) mass is 400 g/mol. The number of anilines is 1. The van der Waals surface area contributed by atoms with Gasteiger partial charge in [0.25, 0.3) is 0 Å². The number of rotatable bonds is 7. The minimum absolute atomic E-state index is 0.0357. The highest BCUT2D eigenvalue weighted by Gasteiger charge is 2.27. The Hall–Kier alpha value is -3.23. The zero-order valence-corrected chi connectivity index (χ0v) is 17.2. The Morgan fingerprint density at radius 1 is 1.31 bits per heavy atom. The molecule has 0 radical (unpaired) electrons. The van der Waals surface area contributed by atoms with Crippen LogP contribution in [0.15, 0.2) is 41.7 Å². The third-order valence-electron chi connectivity index (χ3n) is 4.65. The van der Waals surface area contributed by atoms with E-state index < -0.39 is 0 Å². The smallest absolute Gasteiger partial charge is 0.246 e. The first-order chi connectivity index (χ1) is 14.1. The van der Waals surface area contributed by atoms with Gasteiger partial charge in [-0.05, 0) is 18.6 Å². The maximum atomic E-state index is 12.6. The van der Waals surface area contributed by atoms with Crippen LogP contribution in [0.1, 0.15) is 6.42 Å². The van der Waals surface area contributed by atoms with E-state index in [2.05, 4.69) is 15.4 Å². The molecule has 1 N–H and O–H groups in total. The fraction of sp³-hybridized carbons (Fsp3) is 0.450. The van der Waals surface area contributed by atoms with E-state index in [1.165, 1.54) is 0 Å². The van der Waals surface area contributed by atoms with E-state index in [4.69, 9.17) is 9.47 Å². The highest BCUT2D eigenvalue weighted by atomic mass is 16.5. The van der Waals surface area contributed by atoms with E-state index in [0.29, 0.717) is 26.2 Å². The highest BCUT2D eigenvalue weighted by Crippen LogP contribution is 2.19. The topological polar surface area (TPSA) is 84.2 Å². The SMILES string of the molecule is CN=C(NCCCOc1cccc(OC)c1)N1CCN(c2cnn(C)c2)C(=O)C1. The zero-order valence-electron chi connectivity index (χ0n) is 17.2. The first kappa shape index (κ1) is 20.5. The Bertz CT molecular complexity index is 850. The van der Waals surface area contributed by atoms with Crippen molar-refractivity contribution in [2.75, 3.05) is 51.8 Å². The lowest BCUT2D eigenvalue weighted by Crippen LogP contribution is -2.55. The summed E-state index contributed by atoms with van der Waals surface area (Å²) in [5, 5.41) is 7.45. The molecule has 0 atom stereocenters. The molecular formula is C20H28N6O3. The highest BCUT2D eigenvalue weighted by molar-refractivity contribution is 5.98. The molecule has 156 valence electrons. The molecule has 1 aliphatic rings. The summed E-state index contributed by atoms with van der Waals surface area (Å²) in [7, 11) is 5.21. The van der Waals surface area contributed by atoms with Crippen LogP contribution in [0.4, 0.5) is 5.69 Å². The van der Waals surface area contributed by atoms with Gasteiger partial charge in [0, 0.05) is 46.0 Å². The molecule has 1 aliphatic heterocycles. The van der Waals surface area contributed by atoms with Gasteiger partial charge < -0.3 is 24.6 Å². The number of aliphatic imine (C=N–C) groups is 1. The lowest BCUT2D eigenvalue weighted by molar-refractivity contribution is -0.120. The van der Waals surface area contributed by atoms with Crippen LogP contribution >= 0.6 is 0 Å². The van der Waals surface area contributed by atoms with Gasteiger partial charge in [0.05, 0.1) is 25.6 Å². The molecule has 0 spiro atoms. The minimum Gasteiger partial charge on any atom is -0.497 e. The van der Waals surface area contributed by atoms with Crippen molar-refractivity contribution >= 4 is 17.6 Å². The molecule has 29 heavy (non-hydrogen) atoms. The molecule has 0 aliphatic carbocycles. The van der Waals surface area contributed by atoms with Gasteiger partial charge in [-0.2, -0.15) is 5.10 Å². The summed E-state index contributed by atoms with van der Waals surface area (Å²) in [4.78, 5) is 20.6. The number of amides is 1. The number of nitrogens with one attached hydrogen (secondary N) is 1. The number of hydrogen-bond donors (Lipinski definition) is 1. The van der Waals surface area contributed by atoms with E-state index in [-0.39, 0.29) is 12.5 Å². The molecule has 0 saturated carbocycles. The molecule has 2 aromatic rings. The van der Waals surface area contributed by atoms with Gasteiger partial charge in [0.15, 0.2) is 5.96 Å². The predicted molar refractivity (Wildman–Crippen MR) is 112 cm³/mol. The Balaban J connectivity index is 1.42. The van der Waals surface area contributed by atoms with E-state index in [9.17, 15) is 4.79 Å². The molecule has 0 bridgehead atoms. The maximum Gasteiger partial charge on any atom is 0.246 e. The summed E-state index contributed by atoms with van der Waals surface area (Å²) in [5.41, 5.74) is 0.829. The molecule has 1 aromatic carbocycles. The van der Waals surface area contributed by atoms with Crippen LogP contribution < -0.4 is 19.7 Å². The molecule has 3 rings (SSSR count). The van der Waals surface area contributed by atoms with Crippen molar-refractivity contribution < 1.29 is 14.3 Å². The van der Waals surface area contributed by atoms with Crippen molar-refractivity contribution in [3.63, 3.8) is 0 Å². The summed E-state index contributed by atoms with van der Waals surface area (Å²) in [5.74, 6) is 2.32. The fourth-order valence-corrected chi connectivity index (χ4v) is 3.16. The number of benzene rings is 1. The number of piperazine rings is 1. The van der Waals surface area contributed by atoms with Crippen LogP contribution in [-0.4, -0.2) is 73.5 Å². The zero-order chi connectivity index (χ0) is 20.6.